The molecule has 0 spiro atoms. The topological polar surface area (TPSA) is 93.7 Å². The Balaban J connectivity index is 1.77. The number of hydrogen-bond acceptors (Lipinski definition) is 3. The maximum atomic E-state index is 13.2. The van der Waals surface area contributed by atoms with E-state index in [2.05, 4.69) is 4.98 Å². The first-order chi connectivity index (χ1) is 12.9. The molecule has 1 unspecified atom stereocenters. The summed E-state index contributed by atoms with van der Waals surface area (Å²) in [6.07, 6.45) is 2.02. The van der Waals surface area contributed by atoms with E-state index >= 15 is 0 Å². The van der Waals surface area contributed by atoms with Crippen molar-refractivity contribution < 1.29 is 19.5 Å². The van der Waals surface area contributed by atoms with Gasteiger partial charge in [-0.1, -0.05) is 18.2 Å². The molecule has 3 rings (SSSR count). The number of para-hydroxylation sites is 1. The number of H-pyrrole nitrogens is 1. The summed E-state index contributed by atoms with van der Waals surface area (Å²) in [4.78, 5) is 42.6. The van der Waals surface area contributed by atoms with Crippen LogP contribution in [0.2, 0.25) is 0 Å². The van der Waals surface area contributed by atoms with E-state index in [-0.39, 0.29) is 24.4 Å². The minimum Gasteiger partial charge on any atom is -0.480 e. The molecule has 2 amide bonds. The SMILES string of the molecule is CC(=O)N(CC(=O)O)C1CCCN(C(=O)c2c(C)[nH]c3ccccc23)CC1. The summed E-state index contributed by atoms with van der Waals surface area (Å²) in [6.45, 7) is 4.11. The van der Waals surface area contributed by atoms with Crippen LogP contribution in [0.5, 0.6) is 0 Å². The Bertz CT molecular complexity index is 873. The normalized spacial score (nSPS) is 17.6. The lowest BCUT2D eigenvalue weighted by Gasteiger charge is -2.28. The lowest BCUT2D eigenvalue weighted by atomic mass is 10.1. The van der Waals surface area contributed by atoms with Gasteiger partial charge in [-0.2, -0.15) is 0 Å². The number of aliphatic carboxylic acids is 1. The number of carbonyl (C=O) groups excluding carboxylic acids is 2. The van der Waals surface area contributed by atoms with Gasteiger partial charge in [-0.25, -0.2) is 0 Å². The molecule has 2 aromatic rings. The van der Waals surface area contributed by atoms with E-state index in [1.165, 1.54) is 11.8 Å². The van der Waals surface area contributed by atoms with Crippen LogP contribution in [-0.4, -0.2) is 63.4 Å². The van der Waals surface area contributed by atoms with E-state index in [1.54, 1.807) is 0 Å². The van der Waals surface area contributed by atoms with E-state index in [0.717, 1.165) is 23.0 Å². The second kappa shape index (κ2) is 7.82. The van der Waals surface area contributed by atoms with Crippen molar-refractivity contribution in [3.05, 3.63) is 35.5 Å². The largest absolute Gasteiger partial charge is 0.480 e. The molecule has 1 aliphatic heterocycles. The van der Waals surface area contributed by atoms with Gasteiger partial charge < -0.3 is 19.9 Å². The number of aromatic nitrogens is 1. The van der Waals surface area contributed by atoms with Gasteiger partial charge in [0, 0.05) is 42.7 Å². The molecule has 7 heteroatoms. The van der Waals surface area contributed by atoms with Crippen LogP contribution in [0.4, 0.5) is 0 Å². The number of aryl methyl sites for hydroxylation is 1. The number of hydrogen-bond donors (Lipinski definition) is 2. The molecule has 0 bridgehead atoms. The summed E-state index contributed by atoms with van der Waals surface area (Å²) in [5, 5.41) is 9.98. The predicted molar refractivity (Wildman–Crippen MR) is 102 cm³/mol. The summed E-state index contributed by atoms with van der Waals surface area (Å²) < 4.78 is 0. The van der Waals surface area contributed by atoms with Crippen LogP contribution in [0.1, 0.15) is 42.2 Å². The number of likely N-dealkylation sites (tertiary alicyclic amines) is 1. The number of carboxylic acids is 1. The van der Waals surface area contributed by atoms with Crippen molar-refractivity contribution in [3.8, 4) is 0 Å². The van der Waals surface area contributed by atoms with Crippen molar-refractivity contribution in [2.45, 2.75) is 39.2 Å². The molecule has 1 aromatic carbocycles. The van der Waals surface area contributed by atoms with Crippen LogP contribution in [0.3, 0.4) is 0 Å². The number of rotatable bonds is 4. The number of nitrogens with zero attached hydrogens (tertiary/aromatic N) is 2. The van der Waals surface area contributed by atoms with Gasteiger partial charge in [-0.05, 0) is 32.3 Å². The van der Waals surface area contributed by atoms with E-state index in [1.807, 2.05) is 36.1 Å². The molecule has 0 radical (unpaired) electrons. The third-order valence-corrected chi connectivity index (χ3v) is 5.24. The minimum absolute atomic E-state index is 0.0155. The zero-order valence-electron chi connectivity index (χ0n) is 15.7. The second-order valence-corrected chi connectivity index (χ2v) is 7.09. The number of benzene rings is 1. The van der Waals surface area contributed by atoms with Crippen molar-refractivity contribution in [2.24, 2.45) is 0 Å². The van der Waals surface area contributed by atoms with Gasteiger partial charge in [0.05, 0.1) is 5.56 Å². The lowest BCUT2D eigenvalue weighted by Crippen LogP contribution is -2.43. The van der Waals surface area contributed by atoms with Crippen LogP contribution in [0.25, 0.3) is 10.9 Å². The summed E-state index contributed by atoms with van der Waals surface area (Å²) in [7, 11) is 0. The highest BCUT2D eigenvalue weighted by molar-refractivity contribution is 6.08. The second-order valence-electron chi connectivity index (χ2n) is 7.09. The Morgan fingerprint density at radius 3 is 2.67 bits per heavy atom. The maximum Gasteiger partial charge on any atom is 0.323 e. The van der Waals surface area contributed by atoms with Crippen LogP contribution < -0.4 is 0 Å². The molecule has 1 saturated heterocycles. The molecule has 2 heterocycles. The van der Waals surface area contributed by atoms with Gasteiger partial charge in [0.2, 0.25) is 5.91 Å². The smallest absolute Gasteiger partial charge is 0.323 e. The van der Waals surface area contributed by atoms with Gasteiger partial charge in [-0.3, -0.25) is 14.4 Å². The van der Waals surface area contributed by atoms with Gasteiger partial charge in [0.1, 0.15) is 6.54 Å². The molecule has 1 aliphatic rings. The Hall–Kier alpha value is -2.83. The third kappa shape index (κ3) is 3.97. The predicted octanol–water partition coefficient (Wildman–Crippen LogP) is 2.40. The molecular weight excluding hydrogens is 346 g/mol. The number of carboxylic acid groups (broad SMARTS) is 1. The van der Waals surface area contributed by atoms with E-state index in [0.29, 0.717) is 31.5 Å². The average Bonchev–Trinajstić information content (AvgIpc) is 2.78. The third-order valence-electron chi connectivity index (χ3n) is 5.24. The van der Waals surface area contributed by atoms with E-state index < -0.39 is 5.97 Å². The van der Waals surface area contributed by atoms with E-state index in [9.17, 15) is 14.4 Å². The number of aromatic amines is 1. The molecule has 7 nitrogen and oxygen atoms in total. The molecule has 27 heavy (non-hydrogen) atoms. The van der Waals surface area contributed by atoms with Gasteiger partial charge in [0.25, 0.3) is 5.91 Å². The van der Waals surface area contributed by atoms with Crippen LogP contribution in [0, 0.1) is 6.92 Å². The molecule has 144 valence electrons. The lowest BCUT2D eigenvalue weighted by molar-refractivity contribution is -0.145. The fourth-order valence-corrected chi connectivity index (χ4v) is 3.95. The minimum atomic E-state index is -1.02. The summed E-state index contributed by atoms with van der Waals surface area (Å²) in [5.74, 6) is -1.27. The quantitative estimate of drug-likeness (QED) is 0.863. The molecule has 0 aliphatic carbocycles. The fourth-order valence-electron chi connectivity index (χ4n) is 3.95. The summed E-state index contributed by atoms with van der Waals surface area (Å²) >= 11 is 0. The fraction of sp³-hybridized carbons (Fsp3) is 0.450. The van der Waals surface area contributed by atoms with Crippen molar-refractivity contribution >= 4 is 28.7 Å². The molecule has 1 fully saturated rings. The highest BCUT2D eigenvalue weighted by Gasteiger charge is 2.29. The Kier molecular flexibility index (Phi) is 5.48. The average molecular weight is 371 g/mol. The number of fused-ring (bicyclic) bond motifs is 1. The molecule has 1 atom stereocenters. The van der Waals surface area contributed by atoms with Gasteiger partial charge in [0.15, 0.2) is 0 Å². The zero-order valence-corrected chi connectivity index (χ0v) is 15.7. The first-order valence-electron chi connectivity index (χ1n) is 9.24. The van der Waals surface area contributed by atoms with Gasteiger partial charge >= 0.3 is 5.97 Å². The zero-order chi connectivity index (χ0) is 19.6. The van der Waals surface area contributed by atoms with E-state index in [4.69, 9.17) is 5.11 Å². The van der Waals surface area contributed by atoms with Gasteiger partial charge in [-0.15, -0.1) is 0 Å². The first-order valence-corrected chi connectivity index (χ1v) is 9.24. The Morgan fingerprint density at radius 2 is 1.96 bits per heavy atom. The maximum absolute atomic E-state index is 13.2. The molecule has 0 saturated carbocycles. The Morgan fingerprint density at radius 1 is 1.22 bits per heavy atom. The van der Waals surface area contributed by atoms with Crippen LogP contribution >= 0.6 is 0 Å². The monoisotopic (exact) mass is 371 g/mol. The van der Waals surface area contributed by atoms with Crippen molar-refractivity contribution in [3.63, 3.8) is 0 Å². The first kappa shape index (κ1) is 18.9. The number of nitrogens with one attached hydrogen (secondary N) is 1. The van der Waals surface area contributed by atoms with Crippen molar-refractivity contribution in [2.75, 3.05) is 19.6 Å². The summed E-state index contributed by atoms with van der Waals surface area (Å²) in [6, 6.07) is 7.59. The Labute approximate surface area is 157 Å². The molecule has 2 N–H and O–H groups in total. The number of amides is 2. The summed E-state index contributed by atoms with van der Waals surface area (Å²) in [5.41, 5.74) is 2.48. The van der Waals surface area contributed by atoms with Crippen molar-refractivity contribution in [1.29, 1.82) is 0 Å². The molecule has 1 aromatic heterocycles. The van der Waals surface area contributed by atoms with Crippen molar-refractivity contribution in [1.82, 2.24) is 14.8 Å². The highest BCUT2D eigenvalue weighted by atomic mass is 16.4. The highest BCUT2D eigenvalue weighted by Crippen LogP contribution is 2.25. The standard InChI is InChI=1S/C20H25N3O4/c1-13-19(16-7-3-4-8-17(16)21-13)20(27)22-10-5-6-15(9-11-22)23(14(2)24)12-18(25)26/h3-4,7-8,15,21H,5-6,9-12H2,1-2H3,(H,25,26). The van der Waals surface area contributed by atoms with Crippen LogP contribution in [0.15, 0.2) is 24.3 Å². The van der Waals surface area contributed by atoms with Crippen LogP contribution in [-0.2, 0) is 9.59 Å². The molecular formula is C20H25N3O4. The number of carbonyl (C=O) groups is 3.